The molecule has 8 heteroatoms. The lowest BCUT2D eigenvalue weighted by atomic mass is 9.72. The zero-order valence-corrected chi connectivity index (χ0v) is 23.7. The quantitative estimate of drug-likeness (QED) is 0.232. The average Bonchev–Trinajstić information content (AvgIpc) is 2.98. The van der Waals surface area contributed by atoms with Crippen LogP contribution in [0.15, 0.2) is 66.7 Å². The fourth-order valence-electron chi connectivity index (χ4n) is 5.75. The number of nitrogens with zero attached hydrogens (tertiary/aromatic N) is 1. The molecule has 2 amide bonds. The van der Waals surface area contributed by atoms with Gasteiger partial charge in [0.1, 0.15) is 0 Å². The maximum Gasteiger partial charge on any atom is 0.404 e. The first kappa shape index (κ1) is 29.6. The molecule has 0 radical (unpaired) electrons. The van der Waals surface area contributed by atoms with Crippen molar-refractivity contribution < 1.29 is 19.8 Å². The topological polar surface area (TPSA) is 116 Å². The summed E-state index contributed by atoms with van der Waals surface area (Å²) in [7, 11) is 0. The SMILES string of the molecule is CCc1cccc(-c2c(Cl)cccc2[C@@](O)(CCCNC(=O)O)[C@@H]2CCCN(C(=O)c3ccc(CN)cc3)C2)c1. The number of amides is 2. The van der Waals surface area contributed by atoms with E-state index in [1.165, 1.54) is 0 Å². The molecule has 1 aliphatic rings. The van der Waals surface area contributed by atoms with E-state index in [4.69, 9.17) is 22.4 Å². The van der Waals surface area contributed by atoms with Gasteiger partial charge >= 0.3 is 6.09 Å². The molecule has 40 heavy (non-hydrogen) atoms. The Bertz CT molecular complexity index is 1330. The molecule has 212 valence electrons. The highest BCUT2D eigenvalue weighted by Gasteiger charge is 2.43. The molecule has 1 aliphatic heterocycles. The maximum atomic E-state index is 13.5. The Balaban J connectivity index is 1.71. The predicted molar refractivity (Wildman–Crippen MR) is 158 cm³/mol. The van der Waals surface area contributed by atoms with E-state index in [0.29, 0.717) is 48.6 Å². The highest BCUT2D eigenvalue weighted by Crippen LogP contribution is 2.45. The summed E-state index contributed by atoms with van der Waals surface area (Å²) in [6.07, 6.45) is 1.97. The second-order valence-electron chi connectivity index (χ2n) is 10.5. The number of likely N-dealkylation sites (tertiary alicyclic amines) is 1. The molecule has 1 saturated heterocycles. The minimum atomic E-state index is -1.34. The van der Waals surface area contributed by atoms with Gasteiger partial charge in [-0.3, -0.25) is 4.79 Å². The van der Waals surface area contributed by atoms with Crippen molar-refractivity contribution in [3.63, 3.8) is 0 Å². The number of piperidine rings is 1. The fraction of sp³-hybridized carbons (Fsp3) is 0.375. The standard InChI is InChI=1S/C32H38ClN3O4/c1-2-22-7-3-8-25(19-22)29-27(10-4-11-28(29)33)32(40,16-6-17-35-31(38)39)26-9-5-18-36(21-26)30(37)24-14-12-23(20-34)13-15-24/h3-4,7-8,10-15,19,26,35,40H,2,5-6,9,16-18,20-21,34H2,1H3,(H,38,39)/t26-,32-/m1/s1. The number of hydrogen-bond donors (Lipinski definition) is 4. The first-order chi connectivity index (χ1) is 19.3. The van der Waals surface area contributed by atoms with Crippen LogP contribution in [0.3, 0.4) is 0 Å². The molecule has 1 fully saturated rings. The third-order valence-electron chi connectivity index (χ3n) is 7.94. The van der Waals surface area contributed by atoms with Gasteiger partial charge in [0, 0.05) is 48.2 Å². The summed E-state index contributed by atoms with van der Waals surface area (Å²) in [5.74, 6) is -0.352. The van der Waals surface area contributed by atoms with Crippen LogP contribution in [-0.4, -0.2) is 46.7 Å². The number of carboxylic acid groups (broad SMARTS) is 1. The minimum Gasteiger partial charge on any atom is -0.465 e. The lowest BCUT2D eigenvalue weighted by Gasteiger charge is -2.44. The molecule has 1 heterocycles. The van der Waals surface area contributed by atoms with Crippen LogP contribution < -0.4 is 11.1 Å². The van der Waals surface area contributed by atoms with Crippen molar-refractivity contribution in [1.82, 2.24) is 10.2 Å². The van der Waals surface area contributed by atoms with Crippen molar-refractivity contribution >= 4 is 23.6 Å². The Morgan fingerprint density at radius 2 is 1.85 bits per heavy atom. The molecule has 7 nitrogen and oxygen atoms in total. The summed E-state index contributed by atoms with van der Waals surface area (Å²) in [6, 6.07) is 21.1. The van der Waals surface area contributed by atoms with Crippen molar-refractivity contribution in [2.24, 2.45) is 11.7 Å². The van der Waals surface area contributed by atoms with Crippen LogP contribution in [-0.2, 0) is 18.6 Å². The number of hydrogen-bond acceptors (Lipinski definition) is 4. The lowest BCUT2D eigenvalue weighted by Crippen LogP contribution is -2.48. The van der Waals surface area contributed by atoms with Crippen LogP contribution in [0.5, 0.6) is 0 Å². The van der Waals surface area contributed by atoms with Gasteiger partial charge in [-0.2, -0.15) is 0 Å². The molecular weight excluding hydrogens is 526 g/mol. The van der Waals surface area contributed by atoms with E-state index in [1.54, 1.807) is 12.1 Å². The molecule has 4 rings (SSSR count). The van der Waals surface area contributed by atoms with Gasteiger partial charge in [-0.05, 0) is 72.6 Å². The third-order valence-corrected chi connectivity index (χ3v) is 8.25. The molecule has 0 spiro atoms. The Hall–Kier alpha value is -3.39. The molecule has 0 unspecified atom stereocenters. The number of aliphatic hydroxyl groups is 1. The summed E-state index contributed by atoms with van der Waals surface area (Å²) in [6.45, 7) is 3.69. The summed E-state index contributed by atoms with van der Waals surface area (Å²) in [5.41, 5.74) is 9.48. The van der Waals surface area contributed by atoms with Crippen LogP contribution in [0, 0.1) is 5.92 Å². The van der Waals surface area contributed by atoms with Gasteiger partial charge in [0.25, 0.3) is 5.91 Å². The Morgan fingerprint density at radius 3 is 2.55 bits per heavy atom. The number of benzene rings is 3. The highest BCUT2D eigenvalue weighted by molar-refractivity contribution is 6.33. The van der Waals surface area contributed by atoms with Crippen LogP contribution in [0.1, 0.15) is 59.7 Å². The first-order valence-corrected chi connectivity index (χ1v) is 14.3. The number of rotatable bonds is 10. The average molecular weight is 564 g/mol. The predicted octanol–water partition coefficient (Wildman–Crippen LogP) is 5.82. The molecule has 0 saturated carbocycles. The van der Waals surface area contributed by atoms with Crippen molar-refractivity contribution in [3.8, 4) is 11.1 Å². The monoisotopic (exact) mass is 563 g/mol. The van der Waals surface area contributed by atoms with Gasteiger partial charge in [0.15, 0.2) is 0 Å². The zero-order valence-electron chi connectivity index (χ0n) is 22.9. The van der Waals surface area contributed by atoms with E-state index >= 15 is 0 Å². The summed E-state index contributed by atoms with van der Waals surface area (Å²) >= 11 is 6.82. The van der Waals surface area contributed by atoms with Crippen molar-refractivity contribution in [1.29, 1.82) is 0 Å². The number of nitrogens with two attached hydrogens (primary N) is 1. The molecule has 3 aromatic carbocycles. The number of halogens is 1. The van der Waals surface area contributed by atoms with Gasteiger partial charge in [-0.1, -0.05) is 67.1 Å². The van der Waals surface area contributed by atoms with E-state index in [2.05, 4.69) is 24.4 Å². The normalized spacial score (nSPS) is 16.8. The van der Waals surface area contributed by atoms with Gasteiger partial charge in [-0.15, -0.1) is 0 Å². The van der Waals surface area contributed by atoms with E-state index in [9.17, 15) is 14.7 Å². The maximum absolute atomic E-state index is 13.5. The van der Waals surface area contributed by atoms with Gasteiger partial charge in [-0.25, -0.2) is 4.79 Å². The molecular formula is C32H38ClN3O4. The largest absolute Gasteiger partial charge is 0.465 e. The second kappa shape index (κ2) is 13.3. The van der Waals surface area contributed by atoms with Gasteiger partial charge in [0.2, 0.25) is 0 Å². The first-order valence-electron chi connectivity index (χ1n) is 13.9. The molecule has 0 aliphatic carbocycles. The minimum absolute atomic E-state index is 0.0786. The highest BCUT2D eigenvalue weighted by atomic mass is 35.5. The molecule has 0 bridgehead atoms. The molecule has 0 aromatic heterocycles. The molecule has 5 N–H and O–H groups in total. The van der Waals surface area contributed by atoms with Gasteiger partial charge < -0.3 is 26.2 Å². The van der Waals surface area contributed by atoms with Crippen LogP contribution >= 0.6 is 11.6 Å². The third kappa shape index (κ3) is 6.66. The number of nitrogens with one attached hydrogen (secondary N) is 1. The fourth-order valence-corrected chi connectivity index (χ4v) is 6.04. The Kier molecular flexibility index (Phi) is 9.85. The summed E-state index contributed by atoms with van der Waals surface area (Å²) in [5, 5.41) is 24.6. The summed E-state index contributed by atoms with van der Waals surface area (Å²) in [4.78, 5) is 26.4. The van der Waals surface area contributed by atoms with E-state index in [0.717, 1.165) is 41.5 Å². The van der Waals surface area contributed by atoms with Crippen LogP contribution in [0.25, 0.3) is 11.1 Å². The Labute approximate surface area is 241 Å². The van der Waals surface area contributed by atoms with Crippen molar-refractivity contribution in [2.75, 3.05) is 19.6 Å². The number of carbonyl (C=O) groups excluding carboxylic acids is 1. The van der Waals surface area contributed by atoms with Gasteiger partial charge in [0.05, 0.1) is 5.60 Å². The number of aryl methyl sites for hydroxylation is 1. The van der Waals surface area contributed by atoms with Crippen LogP contribution in [0.4, 0.5) is 4.79 Å². The lowest BCUT2D eigenvalue weighted by molar-refractivity contribution is -0.0563. The second-order valence-corrected chi connectivity index (χ2v) is 10.9. The van der Waals surface area contributed by atoms with Crippen LogP contribution in [0.2, 0.25) is 5.02 Å². The smallest absolute Gasteiger partial charge is 0.404 e. The number of carbonyl (C=O) groups is 2. The molecule has 2 atom stereocenters. The zero-order chi connectivity index (χ0) is 28.7. The van der Waals surface area contributed by atoms with E-state index in [-0.39, 0.29) is 18.4 Å². The van der Waals surface area contributed by atoms with Crippen molar-refractivity contribution in [3.05, 3.63) is 94.0 Å². The van der Waals surface area contributed by atoms with E-state index in [1.807, 2.05) is 47.4 Å². The Morgan fingerprint density at radius 1 is 1.10 bits per heavy atom. The summed E-state index contributed by atoms with van der Waals surface area (Å²) < 4.78 is 0. The van der Waals surface area contributed by atoms with Crippen molar-refractivity contribution in [2.45, 2.75) is 51.2 Å². The van der Waals surface area contributed by atoms with E-state index < -0.39 is 11.7 Å². The molecule has 3 aromatic rings.